The van der Waals surface area contributed by atoms with E-state index in [0.29, 0.717) is 0 Å². The molecule has 1 heterocycles. The molecule has 1 aromatic carbocycles. The topological polar surface area (TPSA) is 32.6 Å². The van der Waals surface area contributed by atoms with Gasteiger partial charge in [-0.15, -0.1) is 0 Å². The maximum absolute atomic E-state index is 10.1. The Bertz CT molecular complexity index is 635. The molecule has 1 aliphatic rings. The van der Waals surface area contributed by atoms with Gasteiger partial charge in [-0.25, -0.2) is 0 Å². The first-order valence-corrected chi connectivity index (χ1v) is 8.04. The Morgan fingerprint density at radius 2 is 2.09 bits per heavy atom. The van der Waals surface area contributed by atoms with Gasteiger partial charge in [0.1, 0.15) is 5.75 Å². The fourth-order valence-corrected chi connectivity index (χ4v) is 2.61. The first kappa shape index (κ1) is 16.3. The van der Waals surface area contributed by atoms with Gasteiger partial charge in [0.15, 0.2) is 0 Å². The van der Waals surface area contributed by atoms with Crippen molar-refractivity contribution in [2.75, 3.05) is 0 Å². The lowest BCUT2D eigenvalue weighted by atomic mass is 9.94. The second-order valence-corrected chi connectivity index (χ2v) is 5.78. The number of aliphatic imine (C=N–C) groups is 1. The van der Waals surface area contributed by atoms with Crippen molar-refractivity contribution in [3.05, 3.63) is 65.4 Å². The van der Waals surface area contributed by atoms with Crippen LogP contribution in [0.3, 0.4) is 0 Å². The zero-order chi connectivity index (χ0) is 15.9. The molecule has 0 unspecified atom stereocenters. The number of phenolic OH excluding ortho intramolecular Hbond substituents is 1. The molecule has 0 spiro atoms. The average molecular weight is 295 g/mol. The molecule has 1 N–H and O–H groups in total. The Morgan fingerprint density at radius 1 is 1.32 bits per heavy atom. The molecule has 0 bridgehead atoms. The number of aromatic hydroxyl groups is 1. The van der Waals surface area contributed by atoms with Gasteiger partial charge in [0.2, 0.25) is 0 Å². The van der Waals surface area contributed by atoms with E-state index in [1.165, 1.54) is 24.8 Å². The van der Waals surface area contributed by atoms with Crippen molar-refractivity contribution in [1.82, 2.24) is 0 Å². The van der Waals surface area contributed by atoms with Crippen LogP contribution in [0.4, 0.5) is 0 Å². The number of unbranched alkanes of at least 4 members (excludes halogenated alkanes) is 2. The molecule has 116 valence electrons. The van der Waals surface area contributed by atoms with E-state index in [1.807, 2.05) is 31.2 Å². The molecule has 1 aromatic rings. The first-order chi connectivity index (χ1) is 10.7. The van der Waals surface area contributed by atoms with E-state index in [2.05, 4.69) is 19.6 Å². The van der Waals surface area contributed by atoms with E-state index in [0.717, 1.165) is 35.4 Å². The zero-order valence-electron chi connectivity index (χ0n) is 13.6. The molecule has 0 atom stereocenters. The van der Waals surface area contributed by atoms with Gasteiger partial charge in [0.25, 0.3) is 0 Å². The quantitative estimate of drug-likeness (QED) is 0.685. The molecule has 2 rings (SSSR count). The van der Waals surface area contributed by atoms with Gasteiger partial charge < -0.3 is 5.11 Å². The highest BCUT2D eigenvalue weighted by Gasteiger charge is 2.15. The van der Waals surface area contributed by atoms with Crippen LogP contribution in [0.5, 0.6) is 5.75 Å². The summed E-state index contributed by atoms with van der Waals surface area (Å²) in [6.45, 7) is 8.12. The van der Waals surface area contributed by atoms with Gasteiger partial charge >= 0.3 is 0 Å². The number of nitrogens with zero attached hydrogens (tertiary/aromatic N) is 1. The maximum atomic E-state index is 10.1. The number of allylic oxidation sites excluding steroid dienone is 4. The van der Waals surface area contributed by atoms with Gasteiger partial charge in [-0.2, -0.15) is 0 Å². The molecule has 0 aliphatic carbocycles. The van der Waals surface area contributed by atoms with E-state index >= 15 is 0 Å². The van der Waals surface area contributed by atoms with Gasteiger partial charge in [-0.05, 0) is 43.5 Å². The van der Waals surface area contributed by atoms with Crippen LogP contribution in [0.15, 0.2) is 64.8 Å². The summed E-state index contributed by atoms with van der Waals surface area (Å²) >= 11 is 0. The van der Waals surface area contributed by atoms with Crippen molar-refractivity contribution in [1.29, 1.82) is 0 Å². The van der Waals surface area contributed by atoms with Crippen LogP contribution in [-0.2, 0) is 0 Å². The number of rotatable bonds is 6. The zero-order valence-corrected chi connectivity index (χ0v) is 13.6. The minimum atomic E-state index is 0.280. The van der Waals surface area contributed by atoms with E-state index in [-0.39, 0.29) is 5.75 Å². The van der Waals surface area contributed by atoms with Crippen molar-refractivity contribution >= 4 is 5.71 Å². The summed E-state index contributed by atoms with van der Waals surface area (Å²) < 4.78 is 0. The normalized spacial score (nSPS) is 16.8. The second kappa shape index (κ2) is 7.79. The Labute approximate surface area is 133 Å². The van der Waals surface area contributed by atoms with Crippen LogP contribution in [0.2, 0.25) is 0 Å². The molecule has 0 fully saturated rings. The number of phenols is 1. The molecule has 0 aromatic heterocycles. The van der Waals surface area contributed by atoms with Crippen LogP contribution in [0.25, 0.3) is 0 Å². The fourth-order valence-electron chi connectivity index (χ4n) is 2.61. The van der Waals surface area contributed by atoms with Crippen LogP contribution in [-0.4, -0.2) is 10.8 Å². The highest BCUT2D eigenvalue weighted by Crippen LogP contribution is 2.29. The van der Waals surface area contributed by atoms with Crippen molar-refractivity contribution in [2.24, 2.45) is 4.99 Å². The van der Waals surface area contributed by atoms with E-state index in [9.17, 15) is 5.11 Å². The maximum Gasteiger partial charge on any atom is 0.124 e. The minimum Gasteiger partial charge on any atom is -0.507 e. The van der Waals surface area contributed by atoms with Crippen LogP contribution in [0, 0.1) is 0 Å². The molecular formula is C20H25NO. The monoisotopic (exact) mass is 295 g/mol. The Morgan fingerprint density at radius 3 is 2.77 bits per heavy atom. The minimum absolute atomic E-state index is 0.280. The van der Waals surface area contributed by atoms with Crippen molar-refractivity contribution in [2.45, 2.75) is 46.0 Å². The van der Waals surface area contributed by atoms with Crippen LogP contribution in [0.1, 0.15) is 51.5 Å². The number of para-hydroxylation sites is 1. The van der Waals surface area contributed by atoms with E-state index in [4.69, 9.17) is 4.99 Å². The molecule has 2 heteroatoms. The third-order valence-electron chi connectivity index (χ3n) is 4.03. The van der Waals surface area contributed by atoms with Crippen molar-refractivity contribution in [3.63, 3.8) is 0 Å². The summed E-state index contributed by atoms with van der Waals surface area (Å²) in [7, 11) is 0. The molecule has 22 heavy (non-hydrogen) atoms. The summed E-state index contributed by atoms with van der Waals surface area (Å²) in [5.74, 6) is 0.280. The smallest absolute Gasteiger partial charge is 0.124 e. The summed E-state index contributed by atoms with van der Waals surface area (Å²) in [5.41, 5.74) is 5.20. The molecule has 0 radical (unpaired) electrons. The fraction of sp³-hybridized carbons (Fsp3) is 0.350. The lowest BCUT2D eigenvalue weighted by Crippen LogP contribution is -2.07. The summed E-state index contributed by atoms with van der Waals surface area (Å²) in [4.78, 5) is 4.75. The van der Waals surface area contributed by atoms with E-state index < -0.39 is 0 Å². The molecule has 2 nitrogen and oxygen atoms in total. The van der Waals surface area contributed by atoms with Gasteiger partial charge in [0.05, 0.1) is 5.71 Å². The molecule has 0 amide bonds. The third-order valence-corrected chi connectivity index (χ3v) is 4.03. The van der Waals surface area contributed by atoms with E-state index in [1.54, 1.807) is 6.07 Å². The van der Waals surface area contributed by atoms with Crippen molar-refractivity contribution < 1.29 is 5.11 Å². The summed E-state index contributed by atoms with van der Waals surface area (Å²) in [5, 5.41) is 10.1. The van der Waals surface area contributed by atoms with Crippen LogP contribution >= 0.6 is 0 Å². The molecular weight excluding hydrogens is 270 g/mol. The number of hydrogen-bond donors (Lipinski definition) is 1. The van der Waals surface area contributed by atoms with Crippen LogP contribution < -0.4 is 0 Å². The number of dihydropyridines is 1. The average Bonchev–Trinajstić information content (AvgIpc) is 2.54. The largest absolute Gasteiger partial charge is 0.507 e. The third kappa shape index (κ3) is 3.97. The molecule has 1 aliphatic heterocycles. The molecule has 0 saturated carbocycles. The first-order valence-electron chi connectivity index (χ1n) is 8.04. The Kier molecular flexibility index (Phi) is 5.76. The lowest BCUT2D eigenvalue weighted by molar-refractivity contribution is 0.474. The van der Waals surface area contributed by atoms with Gasteiger partial charge in [0, 0.05) is 17.7 Å². The van der Waals surface area contributed by atoms with Gasteiger partial charge in [-0.1, -0.05) is 50.1 Å². The highest BCUT2D eigenvalue weighted by atomic mass is 16.3. The summed E-state index contributed by atoms with van der Waals surface area (Å²) in [6.07, 6.45) is 9.66. The van der Waals surface area contributed by atoms with Gasteiger partial charge in [-0.3, -0.25) is 4.99 Å². The SMILES string of the molecule is C=C/C(C)=C1\CC(CCCCC)=CC(c2ccccc2O)=N1. The Balaban J connectivity index is 2.37. The lowest BCUT2D eigenvalue weighted by Gasteiger charge is -2.18. The summed E-state index contributed by atoms with van der Waals surface area (Å²) in [6, 6.07) is 7.39. The predicted molar refractivity (Wildman–Crippen MR) is 94.4 cm³/mol. The number of hydrogen-bond acceptors (Lipinski definition) is 2. The predicted octanol–water partition coefficient (Wildman–Crippen LogP) is 5.55. The highest BCUT2D eigenvalue weighted by molar-refractivity contribution is 6.11. The number of benzene rings is 1. The standard InChI is InChI=1S/C20H25NO/c1-4-6-7-10-16-13-18(15(3)5-2)21-19(14-16)17-11-8-9-12-20(17)22/h5,8-9,11-12,14,22H,2,4,6-7,10,13H2,1,3H3/b18-15+. The Hall–Kier alpha value is -2.09. The van der Waals surface area contributed by atoms with Crippen molar-refractivity contribution in [3.8, 4) is 5.75 Å². The molecule has 0 saturated heterocycles. The second-order valence-electron chi connectivity index (χ2n) is 5.78.